The van der Waals surface area contributed by atoms with Crippen LogP contribution in [0.4, 0.5) is 5.95 Å². The van der Waals surface area contributed by atoms with Gasteiger partial charge in [0, 0.05) is 23.9 Å². The van der Waals surface area contributed by atoms with Crippen molar-refractivity contribution in [3.63, 3.8) is 0 Å². The summed E-state index contributed by atoms with van der Waals surface area (Å²) in [5.41, 5.74) is 7.53. The molecule has 3 aliphatic rings. The van der Waals surface area contributed by atoms with Crippen molar-refractivity contribution < 1.29 is 13.5 Å². The lowest BCUT2D eigenvalue weighted by Crippen LogP contribution is -2.75. The zero-order valence-corrected chi connectivity index (χ0v) is 16.1. The van der Waals surface area contributed by atoms with Crippen LogP contribution in [0.1, 0.15) is 24.8 Å². The largest absolute Gasteiger partial charge is 0.396 e. The van der Waals surface area contributed by atoms with Crippen LogP contribution in [0.5, 0.6) is 0 Å². The minimum absolute atomic E-state index is 0.0710. The quantitative estimate of drug-likeness (QED) is 0.578. The van der Waals surface area contributed by atoms with Crippen molar-refractivity contribution in [1.29, 1.82) is 0 Å². The van der Waals surface area contributed by atoms with Gasteiger partial charge < -0.3 is 10.8 Å². The predicted molar refractivity (Wildman–Crippen MR) is 102 cm³/mol. The summed E-state index contributed by atoms with van der Waals surface area (Å²) < 4.78 is 30.3. The highest BCUT2D eigenvalue weighted by Gasteiger charge is 2.68. The van der Waals surface area contributed by atoms with E-state index in [1.54, 1.807) is 28.8 Å². The van der Waals surface area contributed by atoms with Gasteiger partial charge in [-0.3, -0.25) is 4.40 Å². The molecule has 3 aromatic rings. The Morgan fingerprint density at radius 2 is 2.04 bits per heavy atom. The fourth-order valence-corrected chi connectivity index (χ4v) is 6.05. The van der Waals surface area contributed by atoms with Crippen LogP contribution in [0.15, 0.2) is 35.6 Å². The number of hydrogen-bond donors (Lipinski definition) is 3. The highest BCUT2D eigenvalue weighted by Crippen LogP contribution is 2.67. The monoisotopic (exact) mass is 400 g/mol. The Labute approximate surface area is 161 Å². The van der Waals surface area contributed by atoms with Crippen LogP contribution in [-0.2, 0) is 10.0 Å². The molecule has 0 unspecified atom stereocenters. The molecule has 9 nitrogen and oxygen atoms in total. The smallest absolute Gasteiger partial charge is 0.241 e. The van der Waals surface area contributed by atoms with Crippen LogP contribution in [0.3, 0.4) is 0 Å². The molecule has 1 aromatic carbocycles. The van der Waals surface area contributed by atoms with E-state index in [1.165, 1.54) is 6.33 Å². The molecule has 3 saturated carbocycles. The topological polar surface area (TPSA) is 136 Å². The number of rotatable bonds is 5. The number of hydrogen-bond acceptors (Lipinski definition) is 7. The summed E-state index contributed by atoms with van der Waals surface area (Å²) in [4.78, 5) is 12.7. The molecule has 3 fully saturated rings. The summed E-state index contributed by atoms with van der Waals surface area (Å²) in [5, 5.41) is 9.38. The molecule has 28 heavy (non-hydrogen) atoms. The van der Waals surface area contributed by atoms with Crippen molar-refractivity contribution in [1.82, 2.24) is 24.1 Å². The number of imidazole rings is 1. The molecule has 2 heterocycles. The van der Waals surface area contributed by atoms with Crippen LogP contribution < -0.4 is 10.5 Å². The van der Waals surface area contributed by atoms with Gasteiger partial charge in [0.1, 0.15) is 6.33 Å². The Balaban J connectivity index is 1.49. The first-order valence-electron chi connectivity index (χ1n) is 8.96. The zero-order valence-electron chi connectivity index (χ0n) is 15.3. The second kappa shape index (κ2) is 5.49. The predicted octanol–water partition coefficient (Wildman–Crippen LogP) is 0.875. The van der Waals surface area contributed by atoms with E-state index in [-0.39, 0.29) is 22.9 Å². The van der Waals surface area contributed by atoms with E-state index >= 15 is 0 Å². The Morgan fingerprint density at radius 3 is 2.71 bits per heavy atom. The number of sulfonamides is 1. The lowest BCUT2D eigenvalue weighted by molar-refractivity contribution is -0.167. The Bertz CT molecular complexity index is 1200. The summed E-state index contributed by atoms with van der Waals surface area (Å²) >= 11 is 0. The molecule has 0 radical (unpaired) electrons. The van der Waals surface area contributed by atoms with Crippen LogP contribution in [0.2, 0.25) is 0 Å². The van der Waals surface area contributed by atoms with Gasteiger partial charge in [-0.15, -0.1) is 0 Å². The standard InChI is InChI=1S/C18H20N6O3S/c1-11-2-3-12(28(26,27)23-18-6-17(7-18,8-18)9-25)4-13(11)14-5-24-15(19)20-10-21-16(24)22-14/h2-5,10,23,25H,6-9H2,1H3,(H2,19,20,21,22). The molecule has 10 heteroatoms. The summed E-state index contributed by atoms with van der Waals surface area (Å²) in [6.07, 6.45) is 5.11. The molecule has 0 atom stereocenters. The van der Waals surface area contributed by atoms with Crippen molar-refractivity contribution >= 4 is 21.7 Å². The van der Waals surface area contributed by atoms with Crippen LogP contribution in [0, 0.1) is 12.3 Å². The van der Waals surface area contributed by atoms with E-state index < -0.39 is 15.6 Å². The molecule has 0 amide bonds. The van der Waals surface area contributed by atoms with Crippen molar-refractivity contribution in [2.75, 3.05) is 12.3 Å². The highest BCUT2D eigenvalue weighted by molar-refractivity contribution is 7.89. The molecule has 4 N–H and O–H groups in total. The fraction of sp³-hybridized carbons (Fsp3) is 0.389. The fourth-order valence-electron chi connectivity index (χ4n) is 4.62. The number of benzene rings is 1. The van der Waals surface area contributed by atoms with Gasteiger partial charge in [-0.25, -0.2) is 28.1 Å². The number of aromatic nitrogens is 4. The van der Waals surface area contributed by atoms with Crippen LogP contribution in [0.25, 0.3) is 17.0 Å². The number of aliphatic hydroxyl groups is 1. The third-order valence-electron chi connectivity index (χ3n) is 5.92. The van der Waals surface area contributed by atoms with Gasteiger partial charge in [0.15, 0.2) is 0 Å². The van der Waals surface area contributed by atoms with Crippen molar-refractivity contribution in [2.45, 2.75) is 36.6 Å². The number of nitrogens with one attached hydrogen (secondary N) is 1. The van der Waals surface area contributed by atoms with E-state index in [2.05, 4.69) is 19.7 Å². The minimum atomic E-state index is -3.68. The first-order valence-corrected chi connectivity index (χ1v) is 10.4. The molecule has 6 rings (SSSR count). The zero-order chi connectivity index (χ0) is 19.7. The maximum absolute atomic E-state index is 12.9. The summed E-state index contributed by atoms with van der Waals surface area (Å²) in [6.45, 7) is 2.01. The van der Waals surface area contributed by atoms with Gasteiger partial charge in [0.2, 0.25) is 21.7 Å². The number of fused-ring (bicyclic) bond motifs is 1. The second-order valence-corrected chi connectivity index (χ2v) is 9.76. The van der Waals surface area contributed by atoms with Gasteiger partial charge in [0.05, 0.1) is 10.6 Å². The normalized spacial score (nSPS) is 26.1. The minimum Gasteiger partial charge on any atom is -0.396 e. The molecule has 146 valence electrons. The molecule has 2 bridgehead atoms. The number of aryl methyl sites for hydroxylation is 1. The Hall–Kier alpha value is -2.56. The summed E-state index contributed by atoms with van der Waals surface area (Å²) in [6, 6.07) is 4.98. The molecular formula is C18H20N6O3S. The van der Waals surface area contributed by atoms with Gasteiger partial charge in [-0.05, 0) is 49.3 Å². The van der Waals surface area contributed by atoms with E-state index in [0.29, 0.717) is 36.3 Å². The average Bonchev–Trinajstić information content (AvgIpc) is 3.02. The highest BCUT2D eigenvalue weighted by atomic mass is 32.2. The number of nitrogens with zero attached hydrogens (tertiary/aromatic N) is 4. The van der Waals surface area contributed by atoms with E-state index in [9.17, 15) is 13.5 Å². The molecule has 0 aliphatic heterocycles. The average molecular weight is 400 g/mol. The van der Waals surface area contributed by atoms with E-state index in [4.69, 9.17) is 5.73 Å². The van der Waals surface area contributed by atoms with Crippen LogP contribution in [-0.4, -0.2) is 45.0 Å². The van der Waals surface area contributed by atoms with E-state index in [1.807, 2.05) is 6.92 Å². The van der Waals surface area contributed by atoms with Gasteiger partial charge in [0.25, 0.3) is 0 Å². The Kier molecular flexibility index (Phi) is 3.44. The van der Waals surface area contributed by atoms with Gasteiger partial charge in [-0.1, -0.05) is 6.07 Å². The number of nitrogens with two attached hydrogens (primary N) is 1. The molecular weight excluding hydrogens is 380 g/mol. The first kappa shape index (κ1) is 17.5. The number of anilines is 1. The maximum atomic E-state index is 12.9. The number of nitrogen functional groups attached to an aromatic ring is 1. The summed E-state index contributed by atoms with van der Waals surface area (Å²) in [7, 11) is -3.68. The van der Waals surface area contributed by atoms with Crippen molar-refractivity contribution in [2.24, 2.45) is 5.41 Å². The number of aliphatic hydroxyl groups excluding tert-OH is 1. The van der Waals surface area contributed by atoms with E-state index in [0.717, 1.165) is 5.56 Å². The molecule has 3 aliphatic carbocycles. The van der Waals surface area contributed by atoms with Gasteiger partial charge >= 0.3 is 0 Å². The first-order chi connectivity index (χ1) is 13.2. The van der Waals surface area contributed by atoms with Crippen molar-refractivity contribution in [3.8, 4) is 11.3 Å². The van der Waals surface area contributed by atoms with Gasteiger partial charge in [-0.2, -0.15) is 0 Å². The van der Waals surface area contributed by atoms with Crippen LogP contribution >= 0.6 is 0 Å². The second-order valence-electron chi connectivity index (χ2n) is 8.08. The Morgan fingerprint density at radius 1 is 1.29 bits per heavy atom. The molecule has 0 spiro atoms. The molecule has 2 aromatic heterocycles. The molecule has 0 saturated heterocycles. The summed E-state index contributed by atoms with van der Waals surface area (Å²) in [5.74, 6) is 0.657. The SMILES string of the molecule is Cc1ccc(S(=O)(=O)NC23CC(CO)(C2)C3)cc1-c1cn2c(N)ncnc2n1. The lowest BCUT2D eigenvalue weighted by atomic mass is 9.40. The lowest BCUT2D eigenvalue weighted by Gasteiger charge is -2.69. The third kappa shape index (κ3) is 2.45. The van der Waals surface area contributed by atoms with Crippen molar-refractivity contribution in [3.05, 3.63) is 36.3 Å². The third-order valence-corrected chi connectivity index (χ3v) is 7.50. The maximum Gasteiger partial charge on any atom is 0.241 e.